The summed E-state index contributed by atoms with van der Waals surface area (Å²) in [6, 6.07) is 25.5. The molecule has 3 rings (SSSR count). The third kappa shape index (κ3) is 8.03. The summed E-state index contributed by atoms with van der Waals surface area (Å²) in [7, 11) is 0. The molecule has 0 aliphatic rings. The van der Waals surface area contributed by atoms with Gasteiger partial charge < -0.3 is 10.2 Å². The Morgan fingerprint density at radius 1 is 0.941 bits per heavy atom. The monoisotopic (exact) mass is 538 g/mol. The zero-order valence-electron chi connectivity index (χ0n) is 19.7. The lowest BCUT2D eigenvalue weighted by Crippen LogP contribution is -2.51. The Balaban J connectivity index is 1.81. The molecule has 0 saturated carbocycles. The van der Waals surface area contributed by atoms with Crippen LogP contribution in [0, 0.1) is 6.92 Å². The average Bonchev–Trinajstić information content (AvgIpc) is 2.83. The predicted octanol–water partition coefficient (Wildman–Crippen LogP) is 5.77. The van der Waals surface area contributed by atoms with Gasteiger partial charge in [0.25, 0.3) is 0 Å². The summed E-state index contributed by atoms with van der Waals surface area (Å²) in [4.78, 5) is 28.4. The van der Waals surface area contributed by atoms with E-state index in [1.807, 2.05) is 61.5 Å². The van der Waals surface area contributed by atoms with Crippen molar-refractivity contribution >= 4 is 39.5 Å². The van der Waals surface area contributed by atoms with Crippen LogP contribution >= 0.6 is 27.7 Å². The van der Waals surface area contributed by atoms with E-state index in [1.165, 1.54) is 11.1 Å². The maximum Gasteiger partial charge on any atom is 0.243 e. The van der Waals surface area contributed by atoms with Crippen molar-refractivity contribution in [2.45, 2.75) is 38.6 Å². The number of halogens is 1. The standard InChI is InChI=1S/C28H31BrN2O2S/c1-3-30-28(33)26(17-22-8-5-4-6-9-22)31(18-24-10-7-11-25(29)16-24)27(32)20-34-19-23-14-12-21(2)13-15-23/h4-16,26H,3,17-20H2,1-2H3,(H,30,33)/t26-/m1/s1. The van der Waals surface area contributed by atoms with Crippen molar-refractivity contribution in [3.8, 4) is 0 Å². The minimum atomic E-state index is -0.589. The SMILES string of the molecule is CCNC(=O)[C@@H](Cc1ccccc1)N(Cc1cccc(Br)c1)C(=O)CSCc1ccc(C)cc1. The third-order valence-corrected chi connectivity index (χ3v) is 6.96. The van der Waals surface area contributed by atoms with Crippen LogP contribution in [0.4, 0.5) is 0 Å². The van der Waals surface area contributed by atoms with Crippen molar-refractivity contribution in [2.75, 3.05) is 12.3 Å². The van der Waals surface area contributed by atoms with Gasteiger partial charge in [0.05, 0.1) is 5.75 Å². The molecule has 4 nitrogen and oxygen atoms in total. The van der Waals surface area contributed by atoms with Crippen molar-refractivity contribution in [3.63, 3.8) is 0 Å². The summed E-state index contributed by atoms with van der Waals surface area (Å²) in [6.45, 7) is 4.85. The van der Waals surface area contributed by atoms with Gasteiger partial charge in [0.1, 0.15) is 6.04 Å². The molecule has 0 saturated heterocycles. The number of nitrogens with one attached hydrogen (secondary N) is 1. The first-order valence-electron chi connectivity index (χ1n) is 11.4. The van der Waals surface area contributed by atoms with Gasteiger partial charge in [0.2, 0.25) is 11.8 Å². The van der Waals surface area contributed by atoms with Gasteiger partial charge in [-0.25, -0.2) is 0 Å². The fourth-order valence-electron chi connectivity index (χ4n) is 3.70. The second-order valence-electron chi connectivity index (χ2n) is 8.23. The quantitative estimate of drug-likeness (QED) is 0.337. The third-order valence-electron chi connectivity index (χ3n) is 5.48. The Hall–Kier alpha value is -2.57. The zero-order valence-corrected chi connectivity index (χ0v) is 22.1. The lowest BCUT2D eigenvalue weighted by atomic mass is 10.0. The first-order chi connectivity index (χ1) is 16.5. The van der Waals surface area contributed by atoms with Crippen LogP contribution in [0.3, 0.4) is 0 Å². The average molecular weight is 540 g/mol. The molecule has 0 fully saturated rings. The first-order valence-corrected chi connectivity index (χ1v) is 13.4. The molecule has 6 heteroatoms. The number of benzene rings is 3. The fraction of sp³-hybridized carbons (Fsp3) is 0.286. The summed E-state index contributed by atoms with van der Waals surface area (Å²) in [5.41, 5.74) is 4.41. The van der Waals surface area contributed by atoms with Crippen LogP contribution in [0.2, 0.25) is 0 Å². The van der Waals surface area contributed by atoms with Gasteiger partial charge >= 0.3 is 0 Å². The van der Waals surface area contributed by atoms with Crippen LogP contribution in [0.15, 0.2) is 83.3 Å². The van der Waals surface area contributed by atoms with Crippen LogP contribution in [0.1, 0.15) is 29.2 Å². The highest BCUT2D eigenvalue weighted by molar-refractivity contribution is 9.10. The Labute approximate surface area is 215 Å². The van der Waals surface area contributed by atoms with Gasteiger partial charge in [0, 0.05) is 29.7 Å². The van der Waals surface area contributed by atoms with Gasteiger partial charge in [-0.05, 0) is 42.7 Å². The summed E-state index contributed by atoms with van der Waals surface area (Å²) in [6.07, 6.45) is 0.467. The molecule has 0 bridgehead atoms. The lowest BCUT2D eigenvalue weighted by molar-refractivity contribution is -0.139. The predicted molar refractivity (Wildman–Crippen MR) is 145 cm³/mol. The molecule has 0 aromatic heterocycles. The molecule has 3 aromatic rings. The van der Waals surface area contributed by atoms with E-state index in [0.717, 1.165) is 21.4 Å². The molecule has 3 aromatic carbocycles. The first kappa shape index (κ1) is 26.0. The highest BCUT2D eigenvalue weighted by atomic mass is 79.9. The van der Waals surface area contributed by atoms with Crippen molar-refractivity contribution in [1.29, 1.82) is 0 Å². The number of carbonyl (C=O) groups is 2. The second kappa shape index (κ2) is 13.4. The minimum absolute atomic E-state index is 0.0377. The molecule has 0 unspecified atom stereocenters. The van der Waals surface area contributed by atoms with Crippen molar-refractivity contribution in [1.82, 2.24) is 10.2 Å². The van der Waals surface area contributed by atoms with Gasteiger partial charge in [-0.3, -0.25) is 9.59 Å². The maximum absolute atomic E-state index is 13.5. The molecule has 1 atom stereocenters. The van der Waals surface area contributed by atoms with Crippen molar-refractivity contribution < 1.29 is 9.59 Å². The van der Waals surface area contributed by atoms with Gasteiger partial charge in [-0.15, -0.1) is 11.8 Å². The number of carbonyl (C=O) groups excluding carboxylic acids is 2. The minimum Gasteiger partial charge on any atom is -0.355 e. The van der Waals surface area contributed by atoms with E-state index in [2.05, 4.69) is 52.4 Å². The number of amides is 2. The maximum atomic E-state index is 13.5. The number of likely N-dealkylation sites (N-methyl/N-ethyl adjacent to an activating group) is 1. The molecule has 1 N–H and O–H groups in total. The van der Waals surface area contributed by atoms with E-state index >= 15 is 0 Å². The largest absolute Gasteiger partial charge is 0.355 e. The van der Waals surface area contributed by atoms with E-state index in [4.69, 9.17) is 0 Å². The molecule has 34 heavy (non-hydrogen) atoms. The normalized spacial score (nSPS) is 11.6. The lowest BCUT2D eigenvalue weighted by Gasteiger charge is -2.31. The highest BCUT2D eigenvalue weighted by Gasteiger charge is 2.30. The summed E-state index contributed by atoms with van der Waals surface area (Å²) in [5.74, 6) is 0.899. The van der Waals surface area contributed by atoms with Crippen LogP contribution < -0.4 is 5.32 Å². The van der Waals surface area contributed by atoms with E-state index in [9.17, 15) is 9.59 Å². The van der Waals surface area contributed by atoms with Gasteiger partial charge in [-0.1, -0.05) is 88.2 Å². The topological polar surface area (TPSA) is 49.4 Å². The molecule has 0 aliphatic carbocycles. The van der Waals surface area contributed by atoms with Crippen molar-refractivity contribution in [2.24, 2.45) is 0 Å². The fourth-order valence-corrected chi connectivity index (χ4v) is 5.02. The van der Waals surface area contributed by atoms with Crippen molar-refractivity contribution in [3.05, 3.63) is 106 Å². The number of rotatable bonds is 11. The second-order valence-corrected chi connectivity index (χ2v) is 10.1. The number of thioether (sulfide) groups is 1. The molecular formula is C28H31BrN2O2S. The Kier molecular flexibility index (Phi) is 10.2. The summed E-state index contributed by atoms with van der Waals surface area (Å²) < 4.78 is 0.948. The van der Waals surface area contributed by atoms with Gasteiger partial charge in [0.15, 0.2) is 0 Å². The van der Waals surface area contributed by atoms with Crippen LogP contribution in [0.25, 0.3) is 0 Å². The molecule has 0 radical (unpaired) electrons. The number of hydrogen-bond donors (Lipinski definition) is 1. The molecule has 2 amide bonds. The molecule has 178 valence electrons. The Bertz CT molecular complexity index is 1070. The molecular weight excluding hydrogens is 508 g/mol. The van der Waals surface area contributed by atoms with E-state index in [0.29, 0.717) is 25.3 Å². The highest BCUT2D eigenvalue weighted by Crippen LogP contribution is 2.20. The van der Waals surface area contributed by atoms with Crippen LogP contribution in [-0.4, -0.2) is 35.1 Å². The zero-order chi connectivity index (χ0) is 24.3. The number of hydrogen-bond acceptors (Lipinski definition) is 3. The summed E-state index contributed by atoms with van der Waals surface area (Å²) in [5, 5.41) is 2.94. The number of nitrogens with zero attached hydrogens (tertiary/aromatic N) is 1. The summed E-state index contributed by atoms with van der Waals surface area (Å²) >= 11 is 5.10. The van der Waals surface area contributed by atoms with Crippen LogP contribution in [-0.2, 0) is 28.3 Å². The smallest absolute Gasteiger partial charge is 0.243 e. The Morgan fingerprint density at radius 3 is 2.32 bits per heavy atom. The number of aryl methyl sites for hydroxylation is 1. The van der Waals surface area contributed by atoms with E-state index in [1.54, 1.807) is 16.7 Å². The van der Waals surface area contributed by atoms with E-state index < -0.39 is 6.04 Å². The van der Waals surface area contributed by atoms with E-state index in [-0.39, 0.29) is 11.8 Å². The molecule has 0 heterocycles. The van der Waals surface area contributed by atoms with Crippen LogP contribution in [0.5, 0.6) is 0 Å². The molecule has 0 aliphatic heterocycles. The molecule has 0 spiro atoms. The van der Waals surface area contributed by atoms with Gasteiger partial charge in [-0.2, -0.15) is 0 Å². The Morgan fingerprint density at radius 2 is 1.65 bits per heavy atom.